The van der Waals surface area contributed by atoms with Gasteiger partial charge in [-0.1, -0.05) is 23.9 Å². The van der Waals surface area contributed by atoms with E-state index in [1.807, 2.05) is 25.1 Å². The Balaban J connectivity index is 2.05. The normalized spacial score (nSPS) is 11.4. The number of rotatable bonds is 4. The summed E-state index contributed by atoms with van der Waals surface area (Å²) < 4.78 is 26.1. The summed E-state index contributed by atoms with van der Waals surface area (Å²) in [4.78, 5) is 12.1. The first-order chi connectivity index (χ1) is 11.4. The van der Waals surface area contributed by atoms with Crippen LogP contribution in [-0.4, -0.2) is 16.7 Å². The van der Waals surface area contributed by atoms with Gasteiger partial charge in [-0.3, -0.25) is 9.80 Å². The number of hydrogen-bond donors (Lipinski definition) is 2. The summed E-state index contributed by atoms with van der Waals surface area (Å²) in [5, 5.41) is 5.06. The topological polar surface area (TPSA) is 84.7 Å². The molecule has 0 aliphatic heterocycles. The van der Waals surface area contributed by atoms with Gasteiger partial charge < -0.3 is 5.84 Å². The molecule has 0 heterocycles. The summed E-state index contributed by atoms with van der Waals surface area (Å²) in [5.74, 6) is 8.78. The molecule has 24 heavy (non-hydrogen) atoms. The van der Waals surface area contributed by atoms with Crippen LogP contribution < -0.4 is 16.7 Å². The van der Waals surface area contributed by atoms with Crippen molar-refractivity contribution in [2.24, 2.45) is 16.8 Å². The number of hydrazone groups is 1. The Morgan fingerprint density at radius 3 is 2.58 bits per heavy atom. The second kappa shape index (κ2) is 7.89. The van der Waals surface area contributed by atoms with Gasteiger partial charge in [0.2, 0.25) is 5.17 Å². The zero-order valence-electron chi connectivity index (χ0n) is 12.9. The van der Waals surface area contributed by atoms with Crippen LogP contribution in [-0.2, 0) is 0 Å². The Bertz CT molecular complexity index is 782. The molecule has 0 aliphatic carbocycles. The zero-order chi connectivity index (χ0) is 17.7. The standard InChI is InChI=1S/C16H16F2N4OS/c1-10-3-2-4-12(7-10)22(20)16(21-19)24-9-15(23)11-5-6-13(17)14(18)8-11/h2-8H,9,19-20H2,1H3/b21-16+. The van der Waals surface area contributed by atoms with Crippen molar-refractivity contribution >= 4 is 28.4 Å². The average Bonchev–Trinajstić information content (AvgIpc) is 2.57. The summed E-state index contributed by atoms with van der Waals surface area (Å²) in [7, 11) is 0. The van der Waals surface area contributed by atoms with Crippen molar-refractivity contribution < 1.29 is 13.6 Å². The highest BCUT2D eigenvalue weighted by Crippen LogP contribution is 2.19. The number of halogens is 2. The Morgan fingerprint density at radius 2 is 1.96 bits per heavy atom. The van der Waals surface area contributed by atoms with Crippen molar-refractivity contribution in [1.82, 2.24) is 0 Å². The number of benzene rings is 2. The first kappa shape index (κ1) is 17.9. The summed E-state index contributed by atoms with van der Waals surface area (Å²) >= 11 is 1.00. The van der Waals surface area contributed by atoms with Crippen molar-refractivity contribution in [2.45, 2.75) is 6.92 Å². The maximum absolute atomic E-state index is 13.2. The lowest BCUT2D eigenvalue weighted by Crippen LogP contribution is -2.37. The van der Waals surface area contributed by atoms with Gasteiger partial charge in [-0.25, -0.2) is 14.6 Å². The molecule has 0 radical (unpaired) electrons. The minimum Gasteiger partial charge on any atom is -0.321 e. The van der Waals surface area contributed by atoms with E-state index < -0.39 is 17.4 Å². The highest BCUT2D eigenvalue weighted by molar-refractivity contribution is 8.14. The van der Waals surface area contributed by atoms with Crippen LogP contribution in [0.4, 0.5) is 14.5 Å². The van der Waals surface area contributed by atoms with Crippen LogP contribution in [0.5, 0.6) is 0 Å². The zero-order valence-corrected chi connectivity index (χ0v) is 13.7. The van der Waals surface area contributed by atoms with Crippen LogP contribution in [0.1, 0.15) is 15.9 Å². The molecule has 5 nitrogen and oxygen atoms in total. The molecule has 2 aromatic rings. The molecule has 126 valence electrons. The van der Waals surface area contributed by atoms with Gasteiger partial charge >= 0.3 is 0 Å². The van der Waals surface area contributed by atoms with E-state index in [9.17, 15) is 13.6 Å². The van der Waals surface area contributed by atoms with Crippen LogP contribution in [0.3, 0.4) is 0 Å². The minimum absolute atomic E-state index is 0.0666. The highest BCUT2D eigenvalue weighted by Gasteiger charge is 2.15. The molecule has 0 amide bonds. The SMILES string of the molecule is Cc1cccc(N(N)/C(=N\N)SCC(=O)c2ccc(F)c(F)c2)c1. The molecular weight excluding hydrogens is 334 g/mol. The molecule has 0 fully saturated rings. The van der Waals surface area contributed by atoms with Crippen LogP contribution in [0.25, 0.3) is 0 Å². The highest BCUT2D eigenvalue weighted by atomic mass is 32.2. The number of ketones is 1. The molecule has 2 aromatic carbocycles. The molecule has 0 saturated carbocycles. The summed E-state index contributed by atoms with van der Waals surface area (Å²) in [6.45, 7) is 1.91. The van der Waals surface area contributed by atoms with E-state index in [4.69, 9.17) is 11.7 Å². The smallest absolute Gasteiger partial charge is 0.201 e. The Morgan fingerprint density at radius 1 is 1.21 bits per heavy atom. The number of thioether (sulfide) groups is 1. The monoisotopic (exact) mass is 350 g/mol. The van der Waals surface area contributed by atoms with Crippen molar-refractivity contribution in [3.63, 3.8) is 0 Å². The van der Waals surface area contributed by atoms with Crippen molar-refractivity contribution in [1.29, 1.82) is 0 Å². The molecular formula is C16H16F2N4OS. The number of hydrazine groups is 1. The second-order valence-electron chi connectivity index (χ2n) is 4.96. The fourth-order valence-electron chi connectivity index (χ4n) is 1.94. The number of anilines is 1. The van der Waals surface area contributed by atoms with Gasteiger partial charge in [-0.15, -0.1) is 0 Å². The van der Waals surface area contributed by atoms with Gasteiger partial charge in [0.05, 0.1) is 11.4 Å². The van der Waals surface area contributed by atoms with E-state index in [0.29, 0.717) is 5.69 Å². The summed E-state index contributed by atoms with van der Waals surface area (Å²) in [5.41, 5.74) is 1.73. The molecule has 0 unspecified atom stereocenters. The van der Waals surface area contributed by atoms with Crippen molar-refractivity contribution in [2.75, 3.05) is 10.8 Å². The van der Waals surface area contributed by atoms with Crippen LogP contribution in [0, 0.1) is 18.6 Å². The third-order valence-corrected chi connectivity index (χ3v) is 4.14. The third kappa shape index (κ3) is 4.30. The second-order valence-corrected chi connectivity index (χ2v) is 5.90. The van der Waals surface area contributed by atoms with E-state index in [2.05, 4.69) is 5.10 Å². The number of nitrogens with two attached hydrogens (primary N) is 2. The van der Waals surface area contributed by atoms with Gasteiger partial charge in [0.1, 0.15) is 0 Å². The summed E-state index contributed by atoms with van der Waals surface area (Å²) in [6.07, 6.45) is 0. The largest absolute Gasteiger partial charge is 0.321 e. The molecule has 0 saturated heterocycles. The fraction of sp³-hybridized carbons (Fsp3) is 0.125. The Labute approximate surface area is 142 Å². The van der Waals surface area contributed by atoms with Crippen LogP contribution >= 0.6 is 11.8 Å². The predicted octanol–water partition coefficient (Wildman–Crippen LogP) is 2.80. The molecule has 0 aromatic heterocycles. The molecule has 8 heteroatoms. The van der Waals surface area contributed by atoms with Gasteiger partial charge in [-0.2, -0.15) is 5.10 Å². The molecule has 0 spiro atoms. The van der Waals surface area contributed by atoms with Crippen LogP contribution in [0.2, 0.25) is 0 Å². The molecule has 4 N–H and O–H groups in total. The first-order valence-corrected chi connectivity index (χ1v) is 7.91. The van der Waals surface area contributed by atoms with Gasteiger partial charge in [0.15, 0.2) is 17.4 Å². The van der Waals surface area contributed by atoms with Crippen molar-refractivity contribution in [3.05, 3.63) is 65.2 Å². The molecule has 0 bridgehead atoms. The maximum atomic E-state index is 13.2. The lowest BCUT2D eigenvalue weighted by Gasteiger charge is -2.19. The van der Waals surface area contributed by atoms with E-state index in [0.717, 1.165) is 29.5 Å². The number of amidine groups is 1. The number of carbonyl (C=O) groups excluding carboxylic acids is 1. The predicted molar refractivity (Wildman–Crippen MR) is 92.6 cm³/mol. The lowest BCUT2D eigenvalue weighted by atomic mass is 10.1. The van der Waals surface area contributed by atoms with Crippen LogP contribution in [0.15, 0.2) is 47.6 Å². The number of Topliss-reactive ketones (excluding diaryl/α,β-unsaturated/α-hetero) is 1. The van der Waals surface area contributed by atoms with E-state index in [-0.39, 0.29) is 16.5 Å². The number of carbonyl (C=O) groups is 1. The van der Waals surface area contributed by atoms with Gasteiger partial charge in [0.25, 0.3) is 0 Å². The Hall–Kier alpha value is -2.45. The van der Waals surface area contributed by atoms with E-state index >= 15 is 0 Å². The number of aryl methyl sites for hydroxylation is 1. The van der Waals surface area contributed by atoms with E-state index in [1.54, 1.807) is 6.07 Å². The van der Waals surface area contributed by atoms with Gasteiger partial charge in [-0.05, 0) is 42.8 Å². The molecule has 0 atom stereocenters. The molecule has 0 aliphatic rings. The fourth-order valence-corrected chi connectivity index (χ4v) is 2.69. The summed E-state index contributed by atoms with van der Waals surface area (Å²) in [6, 6.07) is 10.3. The average molecular weight is 350 g/mol. The first-order valence-electron chi connectivity index (χ1n) is 6.93. The molecule has 2 rings (SSSR count). The Kier molecular flexibility index (Phi) is 5.88. The maximum Gasteiger partial charge on any atom is 0.201 e. The minimum atomic E-state index is -1.07. The van der Waals surface area contributed by atoms with Crippen molar-refractivity contribution in [3.8, 4) is 0 Å². The number of nitrogens with zero attached hydrogens (tertiary/aromatic N) is 2. The quantitative estimate of drug-likeness (QED) is 0.291. The lowest BCUT2D eigenvalue weighted by molar-refractivity contribution is 0.102. The van der Waals surface area contributed by atoms with Gasteiger partial charge in [0, 0.05) is 5.56 Å². The number of hydrogen-bond acceptors (Lipinski definition) is 5. The third-order valence-electron chi connectivity index (χ3n) is 3.17. The van der Waals surface area contributed by atoms with E-state index in [1.165, 1.54) is 11.1 Å².